The molecule has 98 valence electrons. The molecule has 0 aliphatic carbocycles. The molecule has 1 fully saturated rings. The molecule has 1 aromatic carbocycles. The normalized spacial score (nSPS) is 19.7. The highest BCUT2D eigenvalue weighted by molar-refractivity contribution is 5.77. The van der Waals surface area contributed by atoms with E-state index < -0.39 is 0 Å². The summed E-state index contributed by atoms with van der Waals surface area (Å²) in [5.41, 5.74) is 1.10. The van der Waals surface area contributed by atoms with Gasteiger partial charge in [-0.3, -0.25) is 4.79 Å². The van der Waals surface area contributed by atoms with Crippen molar-refractivity contribution in [3.63, 3.8) is 0 Å². The van der Waals surface area contributed by atoms with Gasteiger partial charge in [-0.1, -0.05) is 12.1 Å². The van der Waals surface area contributed by atoms with E-state index in [2.05, 4.69) is 0 Å². The van der Waals surface area contributed by atoms with Crippen LogP contribution in [0, 0.1) is 6.92 Å². The van der Waals surface area contributed by atoms with E-state index in [9.17, 15) is 9.90 Å². The number of ether oxygens (including phenoxy) is 1. The smallest absolute Gasteiger partial charge is 0.260 e. The summed E-state index contributed by atoms with van der Waals surface area (Å²) in [5.74, 6) is 0.649. The zero-order valence-electron chi connectivity index (χ0n) is 10.6. The number of hydrogen-bond acceptors (Lipinski definition) is 3. The van der Waals surface area contributed by atoms with Gasteiger partial charge in [0.25, 0.3) is 5.91 Å². The highest BCUT2D eigenvalue weighted by Crippen LogP contribution is 2.14. The number of nitrogens with zero attached hydrogens (tertiary/aromatic N) is 1. The standard InChI is InChI=1S/C14H19NO3/c1-11-4-2-6-13(8-11)18-10-14(17)15-7-3-5-12(16)9-15/h2,4,6,8,12,16H,3,5,7,9-10H2,1H3. The maximum Gasteiger partial charge on any atom is 0.260 e. The molecule has 1 aromatic rings. The Hall–Kier alpha value is -1.55. The molecule has 1 amide bonds. The number of likely N-dealkylation sites (tertiary alicyclic amines) is 1. The van der Waals surface area contributed by atoms with Gasteiger partial charge in [-0.05, 0) is 37.5 Å². The molecule has 1 atom stereocenters. The number of amides is 1. The van der Waals surface area contributed by atoms with E-state index in [4.69, 9.17) is 4.74 Å². The van der Waals surface area contributed by atoms with Gasteiger partial charge in [-0.15, -0.1) is 0 Å². The van der Waals surface area contributed by atoms with Crippen molar-refractivity contribution < 1.29 is 14.6 Å². The Bertz CT molecular complexity index is 419. The molecule has 1 aliphatic rings. The van der Waals surface area contributed by atoms with Gasteiger partial charge in [0.2, 0.25) is 0 Å². The van der Waals surface area contributed by atoms with Gasteiger partial charge in [0, 0.05) is 13.1 Å². The third kappa shape index (κ3) is 3.47. The Morgan fingerprint density at radius 1 is 1.56 bits per heavy atom. The van der Waals surface area contributed by atoms with Gasteiger partial charge in [-0.2, -0.15) is 0 Å². The van der Waals surface area contributed by atoms with Crippen molar-refractivity contribution in [3.8, 4) is 5.75 Å². The third-order valence-electron chi connectivity index (χ3n) is 3.10. The van der Waals surface area contributed by atoms with E-state index in [0.717, 1.165) is 18.4 Å². The van der Waals surface area contributed by atoms with Crippen LogP contribution in [0.15, 0.2) is 24.3 Å². The Kier molecular flexibility index (Phi) is 4.20. The summed E-state index contributed by atoms with van der Waals surface area (Å²) >= 11 is 0. The van der Waals surface area contributed by atoms with Crippen molar-refractivity contribution in [2.75, 3.05) is 19.7 Å². The lowest BCUT2D eigenvalue weighted by Gasteiger charge is -2.30. The van der Waals surface area contributed by atoms with Crippen molar-refractivity contribution in [1.29, 1.82) is 0 Å². The Labute approximate surface area is 107 Å². The molecule has 1 heterocycles. The lowest BCUT2D eigenvalue weighted by atomic mass is 10.1. The summed E-state index contributed by atoms with van der Waals surface area (Å²) in [6, 6.07) is 7.62. The zero-order valence-corrected chi connectivity index (χ0v) is 10.6. The number of rotatable bonds is 3. The molecule has 1 unspecified atom stereocenters. The fourth-order valence-electron chi connectivity index (χ4n) is 2.12. The van der Waals surface area contributed by atoms with Crippen LogP contribution in [0.4, 0.5) is 0 Å². The van der Waals surface area contributed by atoms with Gasteiger partial charge in [-0.25, -0.2) is 0 Å². The van der Waals surface area contributed by atoms with Gasteiger partial charge in [0.15, 0.2) is 6.61 Å². The minimum atomic E-state index is -0.387. The minimum absolute atomic E-state index is 0.0379. The van der Waals surface area contributed by atoms with E-state index in [-0.39, 0.29) is 18.6 Å². The number of benzene rings is 1. The maximum atomic E-state index is 11.9. The Balaban J connectivity index is 1.84. The minimum Gasteiger partial charge on any atom is -0.484 e. The largest absolute Gasteiger partial charge is 0.484 e. The van der Waals surface area contributed by atoms with Crippen LogP contribution in [0.2, 0.25) is 0 Å². The summed E-state index contributed by atoms with van der Waals surface area (Å²) < 4.78 is 5.46. The lowest BCUT2D eigenvalue weighted by molar-refractivity contribution is -0.136. The number of aliphatic hydroxyl groups excluding tert-OH is 1. The van der Waals surface area contributed by atoms with Crippen LogP contribution in [0.1, 0.15) is 18.4 Å². The molecule has 4 heteroatoms. The molecular formula is C14H19NO3. The fourth-order valence-corrected chi connectivity index (χ4v) is 2.12. The number of piperidine rings is 1. The Morgan fingerprint density at radius 2 is 2.39 bits per heavy atom. The molecule has 1 saturated heterocycles. The summed E-state index contributed by atoms with van der Waals surface area (Å²) in [6.45, 7) is 3.16. The molecule has 0 aromatic heterocycles. The second kappa shape index (κ2) is 5.87. The van der Waals surface area contributed by atoms with Crippen LogP contribution in [-0.4, -0.2) is 41.7 Å². The lowest BCUT2D eigenvalue weighted by Crippen LogP contribution is -2.44. The van der Waals surface area contributed by atoms with Crippen molar-refractivity contribution >= 4 is 5.91 Å². The van der Waals surface area contributed by atoms with E-state index in [0.29, 0.717) is 18.8 Å². The first-order valence-corrected chi connectivity index (χ1v) is 6.30. The van der Waals surface area contributed by atoms with Crippen molar-refractivity contribution in [2.45, 2.75) is 25.9 Å². The first kappa shape index (κ1) is 12.9. The third-order valence-corrected chi connectivity index (χ3v) is 3.10. The average Bonchev–Trinajstić information content (AvgIpc) is 2.36. The van der Waals surface area contributed by atoms with Crippen LogP contribution < -0.4 is 4.74 Å². The molecule has 0 bridgehead atoms. The molecule has 0 saturated carbocycles. The van der Waals surface area contributed by atoms with E-state index >= 15 is 0 Å². The number of carbonyl (C=O) groups excluding carboxylic acids is 1. The topological polar surface area (TPSA) is 49.8 Å². The quantitative estimate of drug-likeness (QED) is 0.880. The molecule has 2 rings (SSSR count). The van der Waals surface area contributed by atoms with E-state index in [1.165, 1.54) is 0 Å². The van der Waals surface area contributed by atoms with Crippen molar-refractivity contribution in [1.82, 2.24) is 4.90 Å². The van der Waals surface area contributed by atoms with Gasteiger partial charge in [0.1, 0.15) is 5.75 Å². The molecular weight excluding hydrogens is 230 g/mol. The number of aliphatic hydroxyl groups is 1. The van der Waals surface area contributed by atoms with Crippen LogP contribution in [-0.2, 0) is 4.79 Å². The number of carbonyl (C=O) groups is 1. The summed E-state index contributed by atoms with van der Waals surface area (Å²) in [6.07, 6.45) is 1.25. The van der Waals surface area contributed by atoms with Crippen LogP contribution in [0.5, 0.6) is 5.75 Å². The first-order valence-electron chi connectivity index (χ1n) is 6.30. The van der Waals surface area contributed by atoms with Gasteiger partial charge < -0.3 is 14.7 Å². The highest BCUT2D eigenvalue weighted by Gasteiger charge is 2.22. The molecule has 1 aliphatic heterocycles. The molecule has 18 heavy (non-hydrogen) atoms. The summed E-state index contributed by atoms with van der Waals surface area (Å²) in [7, 11) is 0. The highest BCUT2D eigenvalue weighted by atomic mass is 16.5. The number of β-amino-alcohol motifs (C(OH)–C–C–N with tert-alkyl or cyclic N) is 1. The summed E-state index contributed by atoms with van der Waals surface area (Å²) in [5, 5.41) is 9.52. The second-order valence-corrected chi connectivity index (χ2v) is 4.74. The number of aryl methyl sites for hydroxylation is 1. The molecule has 0 radical (unpaired) electrons. The predicted octanol–water partition coefficient (Wildman–Crippen LogP) is 1.36. The molecule has 4 nitrogen and oxygen atoms in total. The molecule has 1 N–H and O–H groups in total. The zero-order chi connectivity index (χ0) is 13.0. The van der Waals surface area contributed by atoms with E-state index in [1.54, 1.807) is 4.90 Å². The van der Waals surface area contributed by atoms with Crippen LogP contribution >= 0.6 is 0 Å². The van der Waals surface area contributed by atoms with Gasteiger partial charge >= 0.3 is 0 Å². The predicted molar refractivity (Wildman–Crippen MR) is 68.5 cm³/mol. The maximum absolute atomic E-state index is 11.9. The van der Waals surface area contributed by atoms with Crippen LogP contribution in [0.3, 0.4) is 0 Å². The average molecular weight is 249 g/mol. The first-order chi connectivity index (χ1) is 8.65. The van der Waals surface area contributed by atoms with Crippen molar-refractivity contribution in [2.24, 2.45) is 0 Å². The second-order valence-electron chi connectivity index (χ2n) is 4.74. The SMILES string of the molecule is Cc1cccc(OCC(=O)N2CCCC(O)C2)c1. The molecule has 0 spiro atoms. The van der Waals surface area contributed by atoms with Crippen LogP contribution in [0.25, 0.3) is 0 Å². The van der Waals surface area contributed by atoms with Gasteiger partial charge in [0.05, 0.1) is 6.10 Å². The summed E-state index contributed by atoms with van der Waals surface area (Å²) in [4.78, 5) is 13.6. The fraction of sp³-hybridized carbons (Fsp3) is 0.500. The monoisotopic (exact) mass is 249 g/mol. The number of hydrogen-bond donors (Lipinski definition) is 1. The Morgan fingerprint density at radius 3 is 3.11 bits per heavy atom. The van der Waals surface area contributed by atoms with Crippen molar-refractivity contribution in [3.05, 3.63) is 29.8 Å². The van der Waals surface area contributed by atoms with E-state index in [1.807, 2.05) is 31.2 Å².